The van der Waals surface area contributed by atoms with Gasteiger partial charge < -0.3 is 0 Å². The van der Waals surface area contributed by atoms with Crippen molar-refractivity contribution in [2.45, 2.75) is 0 Å². The maximum atomic E-state index is 3.82. The Morgan fingerprint density at radius 3 is 2.46 bits per heavy atom. The van der Waals surface area contributed by atoms with Crippen molar-refractivity contribution in [2.24, 2.45) is 0 Å². The molecule has 0 heterocycles. The molecule has 0 aliphatic carbocycles. The van der Waals surface area contributed by atoms with Gasteiger partial charge in [0.2, 0.25) is 0 Å². The Hall–Kier alpha value is -1.34. The van der Waals surface area contributed by atoms with Gasteiger partial charge in [-0.1, -0.05) is 54.2 Å². The van der Waals surface area contributed by atoms with E-state index >= 15 is 0 Å². The Kier molecular flexibility index (Phi) is 2.03. The van der Waals surface area contributed by atoms with Gasteiger partial charge in [-0.2, -0.15) is 0 Å². The fourth-order valence-electron chi connectivity index (χ4n) is 1.67. The Labute approximate surface area is 81.3 Å². The summed E-state index contributed by atoms with van der Waals surface area (Å²) in [7, 11) is 1.10. The second-order valence-electron chi connectivity index (χ2n) is 3.22. The van der Waals surface area contributed by atoms with Crippen LogP contribution in [-0.2, 0) is 0 Å². The van der Waals surface area contributed by atoms with E-state index in [2.05, 4.69) is 43.0 Å². The first-order valence-corrected chi connectivity index (χ1v) is 5.43. The fourth-order valence-corrected chi connectivity index (χ4v) is 2.30. The molecule has 0 atom stereocenters. The Bertz CT molecular complexity index is 458. The summed E-state index contributed by atoms with van der Waals surface area (Å²) < 4.78 is 0. The minimum atomic E-state index is 1.10. The second-order valence-corrected chi connectivity index (χ2v) is 4.30. The van der Waals surface area contributed by atoms with E-state index in [1.807, 2.05) is 6.08 Å². The highest BCUT2D eigenvalue weighted by molar-refractivity contribution is 6.38. The quantitative estimate of drug-likeness (QED) is 0.589. The zero-order valence-corrected chi connectivity index (χ0v) is 9.75. The zero-order valence-electron chi connectivity index (χ0n) is 7.75. The van der Waals surface area contributed by atoms with Crippen LogP contribution in [0.15, 0.2) is 43.0 Å². The minimum Gasteiger partial charge on any atom is -0.0984 e. The maximum Gasteiger partial charge on any atom is 0.0393 e. The molecule has 0 amide bonds. The Morgan fingerprint density at radius 1 is 1.00 bits per heavy atom. The SMILES string of the molecule is C=Cc1cccc2c([SiH3])cccc12. The highest BCUT2D eigenvalue weighted by atomic mass is 28.1. The summed E-state index contributed by atoms with van der Waals surface area (Å²) in [4.78, 5) is 0. The molecule has 2 rings (SSSR count). The van der Waals surface area contributed by atoms with Gasteiger partial charge in [-0.25, -0.2) is 0 Å². The Morgan fingerprint density at radius 2 is 1.69 bits per heavy atom. The van der Waals surface area contributed by atoms with Gasteiger partial charge >= 0.3 is 0 Å². The van der Waals surface area contributed by atoms with Crippen molar-refractivity contribution in [2.75, 3.05) is 0 Å². The van der Waals surface area contributed by atoms with Gasteiger partial charge in [0.05, 0.1) is 0 Å². The topological polar surface area (TPSA) is 0 Å². The lowest BCUT2D eigenvalue weighted by atomic mass is 10.0. The van der Waals surface area contributed by atoms with Gasteiger partial charge in [0.15, 0.2) is 0 Å². The first kappa shape index (κ1) is 8.26. The lowest BCUT2D eigenvalue weighted by Gasteiger charge is -2.04. The van der Waals surface area contributed by atoms with Crippen LogP contribution in [0.4, 0.5) is 0 Å². The molecule has 0 spiro atoms. The number of rotatable bonds is 1. The van der Waals surface area contributed by atoms with Crippen LogP contribution in [0.25, 0.3) is 16.8 Å². The molecule has 64 valence electrons. The van der Waals surface area contributed by atoms with Crippen molar-refractivity contribution < 1.29 is 0 Å². The molecule has 13 heavy (non-hydrogen) atoms. The minimum absolute atomic E-state index is 1.10. The predicted octanol–water partition coefficient (Wildman–Crippen LogP) is 1.47. The van der Waals surface area contributed by atoms with Crippen molar-refractivity contribution in [3.05, 3.63) is 48.5 Å². The average molecular weight is 184 g/mol. The molecule has 0 aromatic heterocycles. The van der Waals surface area contributed by atoms with Crippen LogP contribution in [0, 0.1) is 0 Å². The van der Waals surface area contributed by atoms with Crippen LogP contribution in [0.1, 0.15) is 5.56 Å². The van der Waals surface area contributed by atoms with E-state index in [0.29, 0.717) is 0 Å². The van der Waals surface area contributed by atoms with E-state index < -0.39 is 0 Å². The van der Waals surface area contributed by atoms with Crippen molar-refractivity contribution in [1.29, 1.82) is 0 Å². The molecule has 0 saturated carbocycles. The summed E-state index contributed by atoms with van der Waals surface area (Å²) in [6.07, 6.45) is 1.92. The molecule has 0 nitrogen and oxygen atoms in total. The normalized spacial score (nSPS) is 10.5. The lowest BCUT2D eigenvalue weighted by Crippen LogP contribution is -2.02. The third-order valence-corrected chi connectivity index (χ3v) is 3.27. The molecule has 0 unspecified atom stereocenters. The van der Waals surface area contributed by atoms with Crippen LogP contribution >= 0.6 is 0 Å². The average Bonchev–Trinajstić information content (AvgIpc) is 2.18. The molecular weight excluding hydrogens is 172 g/mol. The third-order valence-electron chi connectivity index (χ3n) is 2.39. The van der Waals surface area contributed by atoms with E-state index in [0.717, 1.165) is 10.2 Å². The Balaban J connectivity index is 2.92. The van der Waals surface area contributed by atoms with Crippen LogP contribution in [0.5, 0.6) is 0 Å². The predicted molar refractivity (Wildman–Crippen MR) is 63.6 cm³/mol. The first-order valence-electron chi connectivity index (χ1n) is 4.43. The summed E-state index contributed by atoms with van der Waals surface area (Å²) >= 11 is 0. The molecule has 0 radical (unpaired) electrons. The second kappa shape index (κ2) is 3.19. The van der Waals surface area contributed by atoms with Gasteiger partial charge in [-0.3, -0.25) is 0 Å². The van der Waals surface area contributed by atoms with E-state index in [9.17, 15) is 0 Å². The summed E-state index contributed by atoms with van der Waals surface area (Å²) in [6.45, 7) is 3.82. The van der Waals surface area contributed by atoms with E-state index in [1.54, 1.807) is 0 Å². The smallest absolute Gasteiger partial charge is 0.0393 e. The van der Waals surface area contributed by atoms with Crippen LogP contribution in [-0.4, -0.2) is 10.2 Å². The molecule has 0 N–H and O–H groups in total. The van der Waals surface area contributed by atoms with Crippen LogP contribution in [0.3, 0.4) is 0 Å². The van der Waals surface area contributed by atoms with E-state index in [1.165, 1.54) is 21.5 Å². The molecule has 0 aliphatic heterocycles. The molecule has 2 aromatic carbocycles. The number of benzene rings is 2. The van der Waals surface area contributed by atoms with E-state index in [4.69, 9.17) is 0 Å². The molecule has 0 bridgehead atoms. The number of hydrogen-bond donors (Lipinski definition) is 0. The van der Waals surface area contributed by atoms with Crippen molar-refractivity contribution >= 4 is 32.3 Å². The van der Waals surface area contributed by atoms with Gasteiger partial charge in [-0.15, -0.1) is 0 Å². The maximum absolute atomic E-state index is 3.82. The van der Waals surface area contributed by atoms with Crippen LogP contribution in [0.2, 0.25) is 0 Å². The van der Waals surface area contributed by atoms with Crippen molar-refractivity contribution in [1.82, 2.24) is 0 Å². The van der Waals surface area contributed by atoms with Crippen molar-refractivity contribution in [3.8, 4) is 0 Å². The largest absolute Gasteiger partial charge is 0.0984 e. The number of hydrogen-bond acceptors (Lipinski definition) is 0. The third kappa shape index (κ3) is 1.31. The highest BCUT2D eigenvalue weighted by Gasteiger charge is 1.98. The summed E-state index contributed by atoms with van der Waals surface area (Å²) in [6, 6.07) is 12.9. The zero-order chi connectivity index (χ0) is 9.26. The van der Waals surface area contributed by atoms with Gasteiger partial charge in [0.25, 0.3) is 0 Å². The molecule has 1 heteroatoms. The van der Waals surface area contributed by atoms with Gasteiger partial charge in [0.1, 0.15) is 0 Å². The molecule has 2 aromatic rings. The number of fused-ring (bicyclic) bond motifs is 1. The first-order chi connectivity index (χ1) is 6.33. The summed E-state index contributed by atoms with van der Waals surface area (Å²) in [5.74, 6) is 0. The summed E-state index contributed by atoms with van der Waals surface area (Å²) in [5, 5.41) is 4.16. The summed E-state index contributed by atoms with van der Waals surface area (Å²) in [5.41, 5.74) is 1.23. The standard InChI is InChI=1S/C12H12Si/c1-2-9-5-3-7-11-10(9)6-4-8-12(11)13/h2-8H,1H2,13H3. The molecule has 0 saturated heterocycles. The van der Waals surface area contributed by atoms with Crippen LogP contribution < -0.4 is 5.19 Å². The van der Waals surface area contributed by atoms with Gasteiger partial charge in [-0.05, 0) is 16.3 Å². The van der Waals surface area contributed by atoms with Crippen molar-refractivity contribution in [3.63, 3.8) is 0 Å². The molecular formula is C12H12Si. The van der Waals surface area contributed by atoms with Gasteiger partial charge in [0, 0.05) is 10.2 Å². The monoisotopic (exact) mass is 184 g/mol. The molecule has 0 fully saturated rings. The fraction of sp³-hybridized carbons (Fsp3) is 0. The molecule has 0 aliphatic rings. The van der Waals surface area contributed by atoms with E-state index in [-0.39, 0.29) is 0 Å². The highest BCUT2D eigenvalue weighted by Crippen LogP contribution is 2.17. The lowest BCUT2D eigenvalue weighted by molar-refractivity contribution is 1.74.